The summed E-state index contributed by atoms with van der Waals surface area (Å²) >= 11 is 0. The van der Waals surface area contributed by atoms with Crippen molar-refractivity contribution in [3.8, 4) is 0 Å². The first kappa shape index (κ1) is 15.9. The molecule has 5 heteroatoms. The topological polar surface area (TPSA) is 60.4 Å². The van der Waals surface area contributed by atoms with E-state index in [1.165, 1.54) is 5.57 Å². The Labute approximate surface area is 142 Å². The van der Waals surface area contributed by atoms with E-state index in [4.69, 9.17) is 4.74 Å². The molecule has 0 amide bonds. The highest BCUT2D eigenvalue weighted by Gasteiger charge is 2.56. The maximum Gasteiger partial charge on any atom is 0.311 e. The fraction of sp³-hybridized carbons (Fsp3) is 0.526. The Morgan fingerprint density at radius 1 is 1.12 bits per heavy atom. The number of hydrogen-bond acceptors (Lipinski definition) is 4. The minimum absolute atomic E-state index is 0.0527. The van der Waals surface area contributed by atoms with Crippen LogP contribution in [0.15, 0.2) is 46.9 Å². The number of hydrogen-bond donors (Lipinski definition) is 0. The quantitative estimate of drug-likeness (QED) is 0.610. The highest BCUT2D eigenvalue weighted by molar-refractivity contribution is 7.92. The molecule has 0 radical (unpaired) electrons. The number of benzene rings is 1. The van der Waals surface area contributed by atoms with Crippen molar-refractivity contribution in [1.82, 2.24) is 0 Å². The molecule has 5 atom stereocenters. The molecule has 1 aromatic carbocycles. The number of esters is 1. The monoisotopic (exact) mass is 346 g/mol. The Hall–Kier alpha value is -1.62. The summed E-state index contributed by atoms with van der Waals surface area (Å²) in [5.74, 6) is -1.09. The van der Waals surface area contributed by atoms with E-state index in [0.717, 1.165) is 25.7 Å². The van der Waals surface area contributed by atoms with Crippen LogP contribution in [0.25, 0.3) is 0 Å². The summed E-state index contributed by atoms with van der Waals surface area (Å²) in [6, 6.07) is 8.55. The summed E-state index contributed by atoms with van der Waals surface area (Å²) in [4.78, 5) is 12.8. The zero-order chi connectivity index (χ0) is 16.9. The van der Waals surface area contributed by atoms with Gasteiger partial charge >= 0.3 is 5.97 Å². The molecule has 1 aliphatic heterocycles. The molecule has 4 nitrogen and oxygen atoms in total. The molecule has 0 aromatic heterocycles. The van der Waals surface area contributed by atoms with Gasteiger partial charge in [-0.3, -0.25) is 4.79 Å². The molecule has 0 N–H and O–H groups in total. The molecule has 0 bridgehead atoms. The van der Waals surface area contributed by atoms with Crippen LogP contribution in [0.1, 0.15) is 32.6 Å². The smallest absolute Gasteiger partial charge is 0.311 e. The number of ether oxygens (including phenoxy) is 1. The predicted molar refractivity (Wildman–Crippen MR) is 90.0 cm³/mol. The molecule has 1 saturated carbocycles. The van der Waals surface area contributed by atoms with Gasteiger partial charge in [-0.2, -0.15) is 0 Å². The van der Waals surface area contributed by atoms with E-state index in [0.29, 0.717) is 4.90 Å². The lowest BCUT2D eigenvalue weighted by molar-refractivity contribution is -0.144. The zero-order valence-corrected chi connectivity index (χ0v) is 14.5. The molecule has 4 rings (SSSR count). The second kappa shape index (κ2) is 5.73. The van der Waals surface area contributed by atoms with Crippen LogP contribution in [0.4, 0.5) is 0 Å². The fourth-order valence-corrected chi connectivity index (χ4v) is 6.97. The van der Waals surface area contributed by atoms with Gasteiger partial charge in [-0.15, -0.1) is 0 Å². The van der Waals surface area contributed by atoms with E-state index in [9.17, 15) is 13.2 Å². The minimum atomic E-state index is -3.58. The summed E-state index contributed by atoms with van der Waals surface area (Å²) < 4.78 is 32.2. The van der Waals surface area contributed by atoms with Gasteiger partial charge in [0.15, 0.2) is 9.84 Å². The molecular weight excluding hydrogens is 324 g/mol. The SMILES string of the molecule is C[C@H]1OC(=O)C2C1C=C1CCCCC1C2S(=O)(=O)c1ccccc1. The Morgan fingerprint density at radius 2 is 1.88 bits per heavy atom. The predicted octanol–water partition coefficient (Wildman–Crippen LogP) is 3.14. The first-order valence-electron chi connectivity index (χ1n) is 8.70. The number of allylic oxidation sites excluding steroid dienone is 1. The molecule has 1 aromatic rings. The van der Waals surface area contributed by atoms with Crippen molar-refractivity contribution in [2.24, 2.45) is 17.8 Å². The standard InChI is InChI=1S/C19H22O4S/c1-12-16-11-13-7-5-6-10-15(13)18(17(16)19(20)23-12)24(21,22)14-8-3-2-4-9-14/h2-4,8-9,11-12,15-18H,5-7,10H2,1H3/t12-,15?,16?,17?,18?/m1/s1. The first-order valence-corrected chi connectivity index (χ1v) is 10.2. The Kier molecular flexibility index (Phi) is 3.79. The molecular formula is C19H22O4S. The number of cyclic esters (lactones) is 1. The van der Waals surface area contributed by atoms with E-state index in [2.05, 4.69) is 6.08 Å². The van der Waals surface area contributed by atoms with Gasteiger partial charge in [0.25, 0.3) is 0 Å². The lowest BCUT2D eigenvalue weighted by Crippen LogP contribution is -2.46. The third-order valence-electron chi connectivity index (χ3n) is 5.82. The maximum atomic E-state index is 13.4. The molecule has 0 spiro atoms. The summed E-state index contributed by atoms with van der Waals surface area (Å²) in [5, 5.41) is -0.692. The largest absolute Gasteiger partial charge is 0.462 e. The van der Waals surface area contributed by atoms with Crippen LogP contribution in [0.3, 0.4) is 0 Å². The van der Waals surface area contributed by atoms with Gasteiger partial charge < -0.3 is 4.74 Å². The lowest BCUT2D eigenvalue weighted by Gasteiger charge is -2.40. The molecule has 1 saturated heterocycles. The molecule has 4 unspecified atom stereocenters. The van der Waals surface area contributed by atoms with Crippen LogP contribution in [0, 0.1) is 17.8 Å². The second-order valence-corrected chi connectivity index (χ2v) is 9.27. The molecule has 2 aliphatic carbocycles. The third-order valence-corrected chi connectivity index (χ3v) is 8.09. The van der Waals surface area contributed by atoms with Gasteiger partial charge in [-0.05, 0) is 44.2 Å². The van der Waals surface area contributed by atoms with Gasteiger partial charge in [-0.25, -0.2) is 8.42 Å². The van der Waals surface area contributed by atoms with E-state index in [-0.39, 0.29) is 23.9 Å². The van der Waals surface area contributed by atoms with Crippen LogP contribution in [0.2, 0.25) is 0 Å². The Bertz CT molecular complexity index is 781. The number of sulfone groups is 1. The average Bonchev–Trinajstić information content (AvgIpc) is 2.87. The summed E-state index contributed by atoms with van der Waals surface area (Å²) in [6.45, 7) is 1.87. The summed E-state index contributed by atoms with van der Waals surface area (Å²) in [7, 11) is -3.58. The van der Waals surface area contributed by atoms with Crippen molar-refractivity contribution in [2.45, 2.75) is 48.9 Å². The molecule has 3 aliphatic rings. The van der Waals surface area contributed by atoms with Gasteiger partial charge in [0.1, 0.15) is 6.10 Å². The Morgan fingerprint density at radius 3 is 2.62 bits per heavy atom. The van der Waals surface area contributed by atoms with Crippen LogP contribution in [-0.2, 0) is 19.4 Å². The molecule has 128 valence electrons. The maximum absolute atomic E-state index is 13.4. The van der Waals surface area contributed by atoms with Crippen LogP contribution >= 0.6 is 0 Å². The van der Waals surface area contributed by atoms with Gasteiger partial charge in [-0.1, -0.05) is 36.3 Å². The number of carbonyl (C=O) groups excluding carboxylic acids is 1. The van der Waals surface area contributed by atoms with Crippen molar-refractivity contribution in [2.75, 3.05) is 0 Å². The van der Waals surface area contributed by atoms with Crippen molar-refractivity contribution >= 4 is 15.8 Å². The van der Waals surface area contributed by atoms with Crippen LogP contribution in [0.5, 0.6) is 0 Å². The molecule has 24 heavy (non-hydrogen) atoms. The average molecular weight is 346 g/mol. The minimum Gasteiger partial charge on any atom is -0.462 e. The van der Waals surface area contributed by atoms with E-state index >= 15 is 0 Å². The fourth-order valence-electron chi connectivity index (χ4n) is 4.70. The Balaban J connectivity index is 1.85. The highest BCUT2D eigenvalue weighted by atomic mass is 32.2. The van der Waals surface area contributed by atoms with Crippen molar-refractivity contribution < 1.29 is 17.9 Å². The lowest BCUT2D eigenvalue weighted by atomic mass is 9.69. The normalized spacial score (nSPS) is 35.6. The van der Waals surface area contributed by atoms with Crippen LogP contribution in [-0.4, -0.2) is 25.7 Å². The molecule has 2 fully saturated rings. The summed E-state index contributed by atoms with van der Waals surface area (Å²) in [5.41, 5.74) is 1.22. The van der Waals surface area contributed by atoms with Gasteiger partial charge in [0.05, 0.1) is 16.1 Å². The number of fused-ring (bicyclic) bond motifs is 2. The molecule has 1 heterocycles. The first-order chi connectivity index (χ1) is 11.5. The summed E-state index contributed by atoms with van der Waals surface area (Å²) in [6.07, 6.45) is 5.81. The van der Waals surface area contributed by atoms with Crippen LogP contribution < -0.4 is 0 Å². The van der Waals surface area contributed by atoms with Gasteiger partial charge in [0.2, 0.25) is 0 Å². The van der Waals surface area contributed by atoms with E-state index < -0.39 is 21.0 Å². The van der Waals surface area contributed by atoms with Crippen molar-refractivity contribution in [3.05, 3.63) is 42.0 Å². The highest BCUT2D eigenvalue weighted by Crippen LogP contribution is 2.49. The number of carbonyl (C=O) groups is 1. The van der Waals surface area contributed by atoms with E-state index in [1.807, 2.05) is 6.92 Å². The zero-order valence-electron chi connectivity index (χ0n) is 13.7. The number of rotatable bonds is 2. The van der Waals surface area contributed by atoms with Crippen molar-refractivity contribution in [3.63, 3.8) is 0 Å². The van der Waals surface area contributed by atoms with Crippen molar-refractivity contribution in [1.29, 1.82) is 0 Å². The second-order valence-electron chi connectivity index (χ2n) is 7.16. The van der Waals surface area contributed by atoms with Gasteiger partial charge in [0, 0.05) is 5.92 Å². The third kappa shape index (κ3) is 2.32. The van der Waals surface area contributed by atoms with E-state index in [1.54, 1.807) is 30.3 Å².